The second-order valence-corrected chi connectivity index (χ2v) is 9.06. The van der Waals surface area contributed by atoms with Crippen molar-refractivity contribution in [2.75, 3.05) is 0 Å². The SMILES string of the molecule is C[Si](C)(C)c1cc(Cl)ccn1. The Kier molecular flexibility index (Phi) is 2.35. The van der Waals surface area contributed by atoms with Crippen LogP contribution in [0.25, 0.3) is 0 Å². The lowest BCUT2D eigenvalue weighted by Crippen LogP contribution is -2.39. The van der Waals surface area contributed by atoms with E-state index in [4.69, 9.17) is 11.6 Å². The van der Waals surface area contributed by atoms with Gasteiger partial charge >= 0.3 is 0 Å². The van der Waals surface area contributed by atoms with Gasteiger partial charge in [-0.1, -0.05) is 31.2 Å². The maximum absolute atomic E-state index is 5.83. The maximum Gasteiger partial charge on any atom is 0.101 e. The van der Waals surface area contributed by atoms with Crippen LogP contribution in [0.15, 0.2) is 18.3 Å². The number of nitrogens with zero attached hydrogens (tertiary/aromatic N) is 1. The van der Waals surface area contributed by atoms with Crippen molar-refractivity contribution in [2.45, 2.75) is 19.6 Å². The molecule has 1 nitrogen and oxygen atoms in total. The van der Waals surface area contributed by atoms with Crippen LogP contribution < -0.4 is 5.32 Å². The van der Waals surface area contributed by atoms with Crippen molar-refractivity contribution in [3.8, 4) is 0 Å². The third-order valence-electron chi connectivity index (χ3n) is 1.49. The largest absolute Gasteiger partial charge is 0.266 e. The van der Waals surface area contributed by atoms with Crippen molar-refractivity contribution in [1.82, 2.24) is 4.98 Å². The predicted octanol–water partition coefficient (Wildman–Crippen LogP) is 2.28. The van der Waals surface area contributed by atoms with E-state index in [0.29, 0.717) is 0 Å². The van der Waals surface area contributed by atoms with E-state index in [-0.39, 0.29) is 0 Å². The Morgan fingerprint density at radius 2 is 2.00 bits per heavy atom. The summed E-state index contributed by atoms with van der Waals surface area (Å²) >= 11 is 5.83. The second kappa shape index (κ2) is 2.95. The molecule has 11 heavy (non-hydrogen) atoms. The summed E-state index contributed by atoms with van der Waals surface area (Å²) in [4.78, 5) is 4.29. The van der Waals surface area contributed by atoms with Crippen LogP contribution in [0.5, 0.6) is 0 Å². The number of aromatic nitrogens is 1. The molecule has 1 aromatic rings. The zero-order valence-electron chi connectivity index (χ0n) is 7.06. The molecule has 0 unspecified atom stereocenters. The van der Waals surface area contributed by atoms with E-state index in [1.54, 1.807) is 6.20 Å². The topological polar surface area (TPSA) is 12.9 Å². The van der Waals surface area contributed by atoms with Crippen LogP contribution >= 0.6 is 11.6 Å². The fourth-order valence-corrected chi connectivity index (χ4v) is 2.12. The number of pyridine rings is 1. The molecule has 0 radical (unpaired) electrons. The highest BCUT2D eigenvalue weighted by molar-refractivity contribution is 6.88. The van der Waals surface area contributed by atoms with Gasteiger partial charge in [-0.15, -0.1) is 0 Å². The van der Waals surface area contributed by atoms with E-state index in [1.165, 1.54) is 5.32 Å². The minimum absolute atomic E-state index is 0.789. The number of rotatable bonds is 1. The van der Waals surface area contributed by atoms with Crippen molar-refractivity contribution in [2.24, 2.45) is 0 Å². The zero-order chi connectivity index (χ0) is 8.48. The fraction of sp³-hybridized carbons (Fsp3) is 0.375. The highest BCUT2D eigenvalue weighted by Gasteiger charge is 2.17. The van der Waals surface area contributed by atoms with Crippen LogP contribution in [-0.4, -0.2) is 13.1 Å². The summed E-state index contributed by atoms with van der Waals surface area (Å²) < 4.78 is 0. The van der Waals surface area contributed by atoms with Crippen molar-refractivity contribution in [3.63, 3.8) is 0 Å². The Labute approximate surface area is 73.4 Å². The molecule has 1 aromatic heterocycles. The Morgan fingerprint density at radius 3 is 2.36 bits per heavy atom. The summed E-state index contributed by atoms with van der Waals surface area (Å²) in [5.41, 5.74) is 0. The molecule has 3 heteroatoms. The molecule has 0 atom stereocenters. The molecule has 0 saturated carbocycles. The van der Waals surface area contributed by atoms with Crippen LogP contribution in [0.1, 0.15) is 0 Å². The lowest BCUT2D eigenvalue weighted by molar-refractivity contribution is 1.36. The third kappa shape index (κ3) is 2.31. The van der Waals surface area contributed by atoms with Gasteiger partial charge in [0.2, 0.25) is 0 Å². The third-order valence-corrected chi connectivity index (χ3v) is 3.54. The molecule has 1 heterocycles. The lowest BCUT2D eigenvalue weighted by atomic mass is 10.5. The average molecular weight is 186 g/mol. The van der Waals surface area contributed by atoms with E-state index >= 15 is 0 Å². The van der Waals surface area contributed by atoms with Gasteiger partial charge in [-0.3, -0.25) is 4.98 Å². The van der Waals surface area contributed by atoms with E-state index in [2.05, 4.69) is 24.6 Å². The molecular formula is C8H12ClNSi. The van der Waals surface area contributed by atoms with E-state index in [1.807, 2.05) is 12.1 Å². The average Bonchev–Trinajstić information content (AvgIpc) is 1.86. The first-order chi connectivity index (χ1) is 5.00. The quantitative estimate of drug-likeness (QED) is 0.612. The molecule has 0 saturated heterocycles. The molecular weight excluding hydrogens is 174 g/mol. The van der Waals surface area contributed by atoms with Crippen molar-refractivity contribution in [1.29, 1.82) is 0 Å². The standard InChI is InChI=1S/C8H12ClNSi/c1-11(2,3)8-6-7(9)4-5-10-8/h4-6H,1-3H3. The Bertz CT molecular complexity index is 255. The molecule has 0 spiro atoms. The molecule has 1 rings (SSSR count). The number of hydrogen-bond donors (Lipinski definition) is 0. The van der Waals surface area contributed by atoms with Crippen molar-refractivity contribution < 1.29 is 0 Å². The Balaban J connectivity index is 3.06. The monoisotopic (exact) mass is 185 g/mol. The van der Waals surface area contributed by atoms with Gasteiger partial charge in [-0.25, -0.2) is 0 Å². The summed E-state index contributed by atoms with van der Waals surface area (Å²) in [6.07, 6.45) is 1.77. The highest BCUT2D eigenvalue weighted by atomic mass is 35.5. The van der Waals surface area contributed by atoms with Crippen LogP contribution in [0.2, 0.25) is 24.7 Å². The summed E-state index contributed by atoms with van der Waals surface area (Å²) in [6.45, 7) is 6.77. The summed E-state index contributed by atoms with van der Waals surface area (Å²) in [5.74, 6) is 0. The van der Waals surface area contributed by atoms with Gasteiger partial charge in [-0.2, -0.15) is 0 Å². The molecule has 60 valence electrons. The van der Waals surface area contributed by atoms with Gasteiger partial charge in [-0.05, 0) is 12.1 Å². The molecule has 0 amide bonds. The minimum Gasteiger partial charge on any atom is -0.266 e. The summed E-state index contributed by atoms with van der Waals surface area (Å²) in [6, 6.07) is 3.78. The van der Waals surface area contributed by atoms with Crippen LogP contribution in [0.3, 0.4) is 0 Å². The summed E-state index contributed by atoms with van der Waals surface area (Å²) in [5, 5.41) is 1.96. The van der Waals surface area contributed by atoms with Crippen molar-refractivity contribution in [3.05, 3.63) is 23.4 Å². The van der Waals surface area contributed by atoms with Crippen LogP contribution in [-0.2, 0) is 0 Å². The Hall–Kier alpha value is -0.343. The zero-order valence-corrected chi connectivity index (χ0v) is 8.81. The normalized spacial score (nSPS) is 11.6. The first-order valence-corrected chi connectivity index (χ1v) is 7.50. The molecule has 0 aromatic carbocycles. The van der Waals surface area contributed by atoms with Crippen LogP contribution in [0, 0.1) is 0 Å². The van der Waals surface area contributed by atoms with Gasteiger partial charge < -0.3 is 0 Å². The Morgan fingerprint density at radius 1 is 1.36 bits per heavy atom. The van der Waals surface area contributed by atoms with Gasteiger partial charge in [0, 0.05) is 16.5 Å². The molecule has 0 aliphatic rings. The lowest BCUT2D eigenvalue weighted by Gasteiger charge is -2.14. The minimum atomic E-state index is -1.26. The van der Waals surface area contributed by atoms with Gasteiger partial charge in [0.1, 0.15) is 8.07 Å². The fourth-order valence-electron chi connectivity index (χ4n) is 0.815. The van der Waals surface area contributed by atoms with Gasteiger partial charge in [0.05, 0.1) is 0 Å². The van der Waals surface area contributed by atoms with Gasteiger partial charge in [0.15, 0.2) is 0 Å². The first-order valence-electron chi connectivity index (χ1n) is 3.62. The highest BCUT2D eigenvalue weighted by Crippen LogP contribution is 2.06. The number of halogens is 1. The number of hydrogen-bond acceptors (Lipinski definition) is 1. The molecule has 0 bridgehead atoms. The summed E-state index contributed by atoms with van der Waals surface area (Å²) in [7, 11) is -1.26. The smallest absolute Gasteiger partial charge is 0.101 e. The molecule has 0 fully saturated rings. The molecule has 0 N–H and O–H groups in total. The predicted molar refractivity (Wildman–Crippen MR) is 52.2 cm³/mol. The van der Waals surface area contributed by atoms with Crippen molar-refractivity contribution >= 4 is 25.0 Å². The van der Waals surface area contributed by atoms with E-state index in [9.17, 15) is 0 Å². The maximum atomic E-state index is 5.83. The second-order valence-electron chi connectivity index (χ2n) is 3.61. The van der Waals surface area contributed by atoms with Gasteiger partial charge in [0.25, 0.3) is 0 Å². The molecule has 0 aliphatic carbocycles. The molecule has 0 aliphatic heterocycles. The van der Waals surface area contributed by atoms with E-state index < -0.39 is 8.07 Å². The van der Waals surface area contributed by atoms with E-state index in [0.717, 1.165) is 5.02 Å². The first kappa shape index (κ1) is 8.75. The van der Waals surface area contributed by atoms with Crippen LogP contribution in [0.4, 0.5) is 0 Å².